The van der Waals surface area contributed by atoms with Crippen LogP contribution in [-0.4, -0.2) is 30.6 Å². The minimum absolute atomic E-state index is 0.299. The summed E-state index contributed by atoms with van der Waals surface area (Å²) in [5.74, 6) is 1.72. The highest BCUT2D eigenvalue weighted by molar-refractivity contribution is 5.04. The zero-order valence-electron chi connectivity index (χ0n) is 11.3. The number of furan rings is 1. The van der Waals surface area contributed by atoms with Crippen LogP contribution in [0, 0.1) is 5.92 Å². The molecular weight excluding hydrogens is 212 g/mol. The number of rotatable bonds is 3. The highest BCUT2D eigenvalue weighted by Gasteiger charge is 2.29. The fraction of sp³-hybridized carbons (Fsp3) is 0.714. The first-order valence-electron chi connectivity index (χ1n) is 6.57. The molecule has 0 radical (unpaired) electrons. The average Bonchev–Trinajstić information content (AvgIpc) is 2.79. The van der Waals surface area contributed by atoms with E-state index in [-0.39, 0.29) is 0 Å². The van der Waals surface area contributed by atoms with E-state index in [9.17, 15) is 0 Å². The number of nitrogens with one attached hydrogen (secondary N) is 1. The summed E-state index contributed by atoms with van der Waals surface area (Å²) >= 11 is 0. The van der Waals surface area contributed by atoms with Crippen molar-refractivity contribution in [3.8, 4) is 0 Å². The maximum absolute atomic E-state index is 5.45. The van der Waals surface area contributed by atoms with E-state index >= 15 is 0 Å². The minimum Gasteiger partial charge on any atom is -0.468 e. The fourth-order valence-electron chi connectivity index (χ4n) is 2.71. The zero-order chi connectivity index (χ0) is 12.4. The Kier molecular flexibility index (Phi) is 3.89. The van der Waals surface area contributed by atoms with Gasteiger partial charge in [0.2, 0.25) is 0 Å². The molecule has 1 aromatic rings. The Morgan fingerprint density at radius 1 is 1.47 bits per heavy atom. The van der Waals surface area contributed by atoms with Crippen molar-refractivity contribution in [3.63, 3.8) is 0 Å². The van der Waals surface area contributed by atoms with Crippen molar-refractivity contribution in [1.82, 2.24) is 10.2 Å². The number of piperidine rings is 1. The summed E-state index contributed by atoms with van der Waals surface area (Å²) in [6, 6.07) is 5.54. The van der Waals surface area contributed by atoms with Crippen molar-refractivity contribution in [2.75, 3.05) is 13.6 Å². The Balaban J connectivity index is 1.94. The van der Waals surface area contributed by atoms with E-state index in [1.165, 1.54) is 13.0 Å². The van der Waals surface area contributed by atoms with Crippen LogP contribution >= 0.6 is 0 Å². The molecule has 1 N–H and O–H groups in total. The molecule has 4 unspecified atom stereocenters. The average molecular weight is 236 g/mol. The second-order valence-electron chi connectivity index (χ2n) is 5.51. The minimum atomic E-state index is 0.299. The first-order valence-corrected chi connectivity index (χ1v) is 6.57. The molecule has 3 nitrogen and oxygen atoms in total. The van der Waals surface area contributed by atoms with Gasteiger partial charge in [-0.2, -0.15) is 0 Å². The first kappa shape index (κ1) is 12.7. The summed E-state index contributed by atoms with van der Waals surface area (Å²) in [7, 11) is 2.22. The van der Waals surface area contributed by atoms with Crippen LogP contribution < -0.4 is 5.32 Å². The van der Waals surface area contributed by atoms with Crippen LogP contribution in [0.1, 0.15) is 39.0 Å². The molecule has 2 heterocycles. The highest BCUT2D eigenvalue weighted by atomic mass is 16.3. The van der Waals surface area contributed by atoms with E-state index in [0.29, 0.717) is 24.0 Å². The number of hydrogen-bond donors (Lipinski definition) is 1. The van der Waals surface area contributed by atoms with Crippen LogP contribution in [0.15, 0.2) is 22.8 Å². The third-order valence-electron chi connectivity index (χ3n) is 4.04. The summed E-state index contributed by atoms with van der Waals surface area (Å²) in [6.45, 7) is 7.98. The van der Waals surface area contributed by atoms with Crippen molar-refractivity contribution in [2.24, 2.45) is 5.92 Å². The van der Waals surface area contributed by atoms with Gasteiger partial charge >= 0.3 is 0 Å². The molecule has 0 saturated carbocycles. The molecule has 1 saturated heterocycles. The van der Waals surface area contributed by atoms with Crippen molar-refractivity contribution in [3.05, 3.63) is 24.2 Å². The topological polar surface area (TPSA) is 28.4 Å². The lowest BCUT2D eigenvalue weighted by Gasteiger charge is -2.41. The number of likely N-dealkylation sites (tertiary alicyclic amines) is 1. The molecule has 3 heteroatoms. The fourth-order valence-corrected chi connectivity index (χ4v) is 2.71. The van der Waals surface area contributed by atoms with Crippen molar-refractivity contribution < 1.29 is 4.42 Å². The summed E-state index contributed by atoms with van der Waals surface area (Å²) in [6.07, 6.45) is 2.96. The van der Waals surface area contributed by atoms with E-state index in [2.05, 4.69) is 38.0 Å². The van der Waals surface area contributed by atoms with E-state index < -0.39 is 0 Å². The van der Waals surface area contributed by atoms with Gasteiger partial charge in [0.25, 0.3) is 0 Å². The Morgan fingerprint density at radius 3 is 2.88 bits per heavy atom. The van der Waals surface area contributed by atoms with Gasteiger partial charge in [-0.3, -0.25) is 0 Å². The van der Waals surface area contributed by atoms with E-state index in [1.807, 2.05) is 12.1 Å². The molecule has 0 aromatic carbocycles. The van der Waals surface area contributed by atoms with Gasteiger partial charge in [-0.1, -0.05) is 6.92 Å². The van der Waals surface area contributed by atoms with Gasteiger partial charge in [0, 0.05) is 18.6 Å². The zero-order valence-corrected chi connectivity index (χ0v) is 11.3. The van der Waals surface area contributed by atoms with E-state index in [4.69, 9.17) is 4.42 Å². The second kappa shape index (κ2) is 5.23. The molecule has 1 aliphatic rings. The predicted molar refractivity (Wildman–Crippen MR) is 69.9 cm³/mol. The van der Waals surface area contributed by atoms with Crippen LogP contribution in [0.3, 0.4) is 0 Å². The van der Waals surface area contributed by atoms with Gasteiger partial charge in [0.1, 0.15) is 5.76 Å². The first-order chi connectivity index (χ1) is 8.08. The largest absolute Gasteiger partial charge is 0.468 e. The molecule has 1 aromatic heterocycles. The quantitative estimate of drug-likeness (QED) is 0.874. The van der Waals surface area contributed by atoms with Gasteiger partial charge < -0.3 is 14.6 Å². The van der Waals surface area contributed by atoms with Crippen LogP contribution in [0.25, 0.3) is 0 Å². The SMILES string of the molecule is CC(NC1CC(C)N(C)CC1C)c1ccco1. The molecule has 96 valence electrons. The molecule has 2 rings (SSSR count). The molecule has 0 spiro atoms. The Morgan fingerprint density at radius 2 is 2.24 bits per heavy atom. The standard InChI is InChI=1S/C14H24N2O/c1-10-9-16(4)11(2)8-13(10)15-12(3)14-6-5-7-17-14/h5-7,10-13,15H,8-9H2,1-4H3. The molecule has 1 fully saturated rings. The molecule has 0 amide bonds. The van der Waals surface area contributed by atoms with Gasteiger partial charge in [0.05, 0.1) is 12.3 Å². The lowest BCUT2D eigenvalue weighted by atomic mass is 9.89. The normalized spacial score (nSPS) is 32.6. The van der Waals surface area contributed by atoms with Crippen molar-refractivity contribution in [1.29, 1.82) is 0 Å². The Hall–Kier alpha value is -0.800. The van der Waals surface area contributed by atoms with Crippen LogP contribution in [0.2, 0.25) is 0 Å². The molecule has 0 aliphatic carbocycles. The summed E-state index contributed by atoms with van der Waals surface area (Å²) in [4.78, 5) is 2.44. The van der Waals surface area contributed by atoms with Crippen LogP contribution in [0.5, 0.6) is 0 Å². The van der Waals surface area contributed by atoms with E-state index in [1.54, 1.807) is 6.26 Å². The van der Waals surface area contributed by atoms with Gasteiger partial charge in [-0.05, 0) is 45.4 Å². The molecule has 0 bridgehead atoms. The smallest absolute Gasteiger partial charge is 0.120 e. The molecular formula is C14H24N2O. The van der Waals surface area contributed by atoms with Crippen molar-refractivity contribution >= 4 is 0 Å². The summed E-state index contributed by atoms with van der Waals surface area (Å²) in [5, 5.41) is 3.70. The second-order valence-corrected chi connectivity index (χ2v) is 5.51. The van der Waals surface area contributed by atoms with Gasteiger partial charge in [0.15, 0.2) is 0 Å². The Labute approximate surface area is 104 Å². The molecule has 1 aliphatic heterocycles. The van der Waals surface area contributed by atoms with E-state index in [0.717, 1.165) is 5.76 Å². The summed E-state index contributed by atoms with van der Waals surface area (Å²) in [5.41, 5.74) is 0. The molecule has 4 atom stereocenters. The number of hydrogen-bond acceptors (Lipinski definition) is 3. The lowest BCUT2D eigenvalue weighted by Crippen LogP contribution is -2.51. The number of nitrogens with zero attached hydrogens (tertiary/aromatic N) is 1. The monoisotopic (exact) mass is 236 g/mol. The molecule has 17 heavy (non-hydrogen) atoms. The Bertz CT molecular complexity index is 336. The highest BCUT2D eigenvalue weighted by Crippen LogP contribution is 2.23. The predicted octanol–water partition coefficient (Wildman–Crippen LogP) is 2.66. The maximum Gasteiger partial charge on any atom is 0.120 e. The third-order valence-corrected chi connectivity index (χ3v) is 4.04. The van der Waals surface area contributed by atoms with Crippen LogP contribution in [-0.2, 0) is 0 Å². The summed E-state index contributed by atoms with van der Waals surface area (Å²) < 4.78 is 5.45. The van der Waals surface area contributed by atoms with Gasteiger partial charge in [-0.25, -0.2) is 0 Å². The third kappa shape index (κ3) is 2.90. The lowest BCUT2D eigenvalue weighted by molar-refractivity contribution is 0.115. The maximum atomic E-state index is 5.45. The van der Waals surface area contributed by atoms with Gasteiger partial charge in [-0.15, -0.1) is 0 Å². The van der Waals surface area contributed by atoms with Crippen LogP contribution in [0.4, 0.5) is 0 Å². The van der Waals surface area contributed by atoms with Crippen molar-refractivity contribution in [2.45, 2.75) is 45.3 Å².